The fraction of sp³-hybridized carbons (Fsp3) is 0.930. The highest BCUT2D eigenvalue weighted by Crippen LogP contribution is 2.70. The predicted molar refractivity (Wildman–Crippen MR) is 200 cm³/mol. The quantitative estimate of drug-likeness (QED) is 0.147. The summed E-state index contributed by atoms with van der Waals surface area (Å²) in [5, 5.41) is 79.2. The Kier molecular flexibility index (Phi) is 11.4. The van der Waals surface area contributed by atoms with Gasteiger partial charge in [-0.15, -0.1) is 0 Å². The SMILES string of the molecule is CC1CC(OC2C(C)CC(OC3C(O)CC(OC4CCC5(C)C(C4)CC(O)C4C5CC(O)C5(C)C(C6=CC(=O)OC6)CCC45O)OC3C)CC2O)CC(O)C1O. The lowest BCUT2D eigenvalue weighted by atomic mass is 9.42. The Morgan fingerprint density at radius 3 is 2.05 bits per heavy atom. The first-order valence-corrected chi connectivity index (χ1v) is 21.7. The first-order chi connectivity index (χ1) is 26.4. The van der Waals surface area contributed by atoms with Gasteiger partial charge in [-0.2, -0.15) is 0 Å². The molecular weight excluding hydrogens is 724 g/mol. The maximum Gasteiger partial charge on any atom is 0.331 e. The Hall–Kier alpha value is -1.23. The smallest absolute Gasteiger partial charge is 0.331 e. The van der Waals surface area contributed by atoms with Gasteiger partial charge in [-0.1, -0.05) is 27.7 Å². The summed E-state index contributed by atoms with van der Waals surface area (Å²) in [6, 6.07) is 0. The number of carbonyl (C=O) groups is 1. The molecule has 7 N–H and O–H groups in total. The molecule has 0 bridgehead atoms. The van der Waals surface area contributed by atoms with E-state index in [1.165, 1.54) is 6.08 Å². The van der Waals surface area contributed by atoms with E-state index in [9.17, 15) is 40.5 Å². The van der Waals surface area contributed by atoms with Gasteiger partial charge in [-0.25, -0.2) is 4.79 Å². The summed E-state index contributed by atoms with van der Waals surface area (Å²) in [4.78, 5) is 12.0. The molecule has 2 heterocycles. The fourth-order valence-corrected chi connectivity index (χ4v) is 13.7. The van der Waals surface area contributed by atoms with Crippen LogP contribution in [-0.4, -0.2) is 133 Å². The standard InChI is InChI=1S/C43H68O13/c1-20-10-26(15-31(45)38(20)50)55-39-21(2)11-27(16-32(39)46)56-40-22(3)53-36(18-33(40)47)54-25-6-8-41(4)24(13-25)14-30(44)37-29(41)17-34(48)42(5)28(7-9-43(37,42)51)23-12-35(49)52-19-23/h12,20-22,24-34,36-40,44-48,50-51H,6-11,13-19H2,1-5H3. The first kappa shape index (κ1) is 41.5. The molecule has 22 unspecified atom stereocenters. The monoisotopic (exact) mass is 792 g/mol. The van der Waals surface area contributed by atoms with Gasteiger partial charge in [0.25, 0.3) is 0 Å². The Labute approximate surface area is 331 Å². The van der Waals surface area contributed by atoms with E-state index < -0.39 is 72.2 Å². The molecule has 13 nitrogen and oxygen atoms in total. The van der Waals surface area contributed by atoms with Crippen LogP contribution in [0.15, 0.2) is 11.6 Å². The lowest BCUT2D eigenvalue weighted by Crippen LogP contribution is -2.70. The Morgan fingerprint density at radius 1 is 0.714 bits per heavy atom. The van der Waals surface area contributed by atoms with Crippen LogP contribution < -0.4 is 0 Å². The topological polar surface area (TPSA) is 205 Å². The van der Waals surface area contributed by atoms with Crippen molar-refractivity contribution in [1.82, 2.24) is 0 Å². The van der Waals surface area contributed by atoms with Gasteiger partial charge in [0, 0.05) is 36.7 Å². The van der Waals surface area contributed by atoms with Crippen LogP contribution in [0.5, 0.6) is 0 Å². The van der Waals surface area contributed by atoms with Crippen LogP contribution in [-0.2, 0) is 28.5 Å². The number of hydrogen-bond donors (Lipinski definition) is 7. The van der Waals surface area contributed by atoms with Crippen molar-refractivity contribution >= 4 is 5.97 Å². The number of aliphatic hydroxyl groups excluding tert-OH is 6. The molecule has 7 fully saturated rings. The third kappa shape index (κ3) is 6.94. The molecule has 0 aromatic carbocycles. The molecule has 0 amide bonds. The van der Waals surface area contributed by atoms with Crippen molar-refractivity contribution in [2.45, 2.75) is 197 Å². The third-order valence-electron chi connectivity index (χ3n) is 16.9. The molecule has 2 aliphatic heterocycles. The molecule has 318 valence electrons. The maximum atomic E-state index is 12.6. The number of cyclic esters (lactones) is 1. The number of rotatable bonds is 7. The van der Waals surface area contributed by atoms with Crippen LogP contribution in [0.3, 0.4) is 0 Å². The minimum absolute atomic E-state index is 0.0160. The van der Waals surface area contributed by atoms with Gasteiger partial charge in [0.15, 0.2) is 6.29 Å². The number of fused-ring (bicyclic) bond motifs is 5. The zero-order valence-corrected chi connectivity index (χ0v) is 33.8. The van der Waals surface area contributed by atoms with Gasteiger partial charge < -0.3 is 59.4 Å². The highest BCUT2D eigenvalue weighted by molar-refractivity contribution is 5.85. The molecule has 22 atom stereocenters. The predicted octanol–water partition coefficient (Wildman–Crippen LogP) is 2.52. The molecule has 0 spiro atoms. The van der Waals surface area contributed by atoms with Crippen molar-refractivity contribution in [2.24, 2.45) is 46.3 Å². The summed E-state index contributed by atoms with van der Waals surface area (Å²) < 4.78 is 30.9. The minimum Gasteiger partial charge on any atom is -0.458 e. The Balaban J connectivity index is 0.852. The highest BCUT2D eigenvalue weighted by Gasteiger charge is 2.72. The summed E-state index contributed by atoms with van der Waals surface area (Å²) in [6.07, 6.45) is 0.669. The van der Waals surface area contributed by atoms with Gasteiger partial charge in [-0.05, 0) is 105 Å². The molecule has 56 heavy (non-hydrogen) atoms. The number of hydrogen-bond acceptors (Lipinski definition) is 13. The van der Waals surface area contributed by atoms with Crippen LogP contribution in [0.2, 0.25) is 0 Å². The largest absolute Gasteiger partial charge is 0.458 e. The van der Waals surface area contributed by atoms with Crippen LogP contribution in [0.4, 0.5) is 0 Å². The second-order valence-corrected chi connectivity index (χ2v) is 20.1. The van der Waals surface area contributed by atoms with E-state index >= 15 is 0 Å². The molecule has 6 aliphatic carbocycles. The first-order valence-electron chi connectivity index (χ1n) is 21.7. The van der Waals surface area contributed by atoms with Crippen molar-refractivity contribution in [3.8, 4) is 0 Å². The fourth-order valence-electron chi connectivity index (χ4n) is 13.7. The summed E-state index contributed by atoms with van der Waals surface area (Å²) >= 11 is 0. The molecular formula is C43H68O13. The number of aliphatic hydroxyl groups is 7. The van der Waals surface area contributed by atoms with Crippen molar-refractivity contribution in [3.05, 3.63) is 11.6 Å². The Bertz CT molecular complexity index is 1440. The molecule has 8 aliphatic rings. The van der Waals surface area contributed by atoms with Crippen molar-refractivity contribution in [2.75, 3.05) is 6.61 Å². The van der Waals surface area contributed by atoms with Gasteiger partial charge in [0.05, 0.1) is 72.7 Å². The third-order valence-corrected chi connectivity index (χ3v) is 16.9. The average Bonchev–Trinajstić information content (AvgIpc) is 3.68. The molecule has 13 heteroatoms. The zero-order chi connectivity index (χ0) is 40.1. The second kappa shape index (κ2) is 15.3. The molecule has 6 saturated carbocycles. The van der Waals surface area contributed by atoms with E-state index in [1.807, 2.05) is 27.7 Å². The lowest BCUT2D eigenvalue weighted by molar-refractivity contribution is -0.292. The van der Waals surface area contributed by atoms with Crippen LogP contribution >= 0.6 is 0 Å². The maximum absolute atomic E-state index is 12.6. The molecule has 8 rings (SSSR count). The second-order valence-electron chi connectivity index (χ2n) is 20.1. The van der Waals surface area contributed by atoms with Crippen LogP contribution in [0.25, 0.3) is 0 Å². The zero-order valence-electron chi connectivity index (χ0n) is 33.8. The number of carbonyl (C=O) groups excluding carboxylic acids is 1. The normalized spacial score (nSPS) is 56.1. The van der Waals surface area contributed by atoms with E-state index in [0.717, 1.165) is 18.4 Å². The summed E-state index contributed by atoms with van der Waals surface area (Å²) in [7, 11) is 0. The molecule has 0 aromatic heterocycles. The highest BCUT2D eigenvalue weighted by atomic mass is 16.7. The van der Waals surface area contributed by atoms with Gasteiger partial charge >= 0.3 is 5.97 Å². The number of ether oxygens (including phenoxy) is 5. The summed E-state index contributed by atoms with van der Waals surface area (Å²) in [5.74, 6) is -1.02. The van der Waals surface area contributed by atoms with Crippen molar-refractivity contribution in [3.63, 3.8) is 0 Å². The van der Waals surface area contributed by atoms with Crippen molar-refractivity contribution < 1.29 is 64.2 Å². The average molecular weight is 793 g/mol. The minimum atomic E-state index is -1.28. The molecule has 1 saturated heterocycles. The van der Waals surface area contributed by atoms with Gasteiger partial charge in [0.1, 0.15) is 12.7 Å². The van der Waals surface area contributed by atoms with E-state index in [1.54, 1.807) is 0 Å². The number of esters is 1. The van der Waals surface area contributed by atoms with Crippen LogP contribution in [0.1, 0.15) is 112 Å². The van der Waals surface area contributed by atoms with E-state index in [-0.39, 0.29) is 78.2 Å². The lowest BCUT2D eigenvalue weighted by Gasteiger charge is -2.66. The molecule has 0 aromatic rings. The summed E-state index contributed by atoms with van der Waals surface area (Å²) in [5.41, 5.74) is -1.56. The molecule has 0 radical (unpaired) electrons. The summed E-state index contributed by atoms with van der Waals surface area (Å²) in [6.45, 7) is 10.2. The van der Waals surface area contributed by atoms with E-state index in [0.29, 0.717) is 57.8 Å². The van der Waals surface area contributed by atoms with Gasteiger partial charge in [0.2, 0.25) is 0 Å². The van der Waals surface area contributed by atoms with Gasteiger partial charge in [-0.3, -0.25) is 0 Å². The van der Waals surface area contributed by atoms with E-state index in [4.69, 9.17) is 23.7 Å². The van der Waals surface area contributed by atoms with E-state index in [2.05, 4.69) is 6.92 Å². The van der Waals surface area contributed by atoms with Crippen LogP contribution in [0, 0.1) is 46.3 Å². The van der Waals surface area contributed by atoms with Crippen molar-refractivity contribution in [1.29, 1.82) is 0 Å². The Morgan fingerprint density at radius 2 is 1.39 bits per heavy atom.